The molecule has 1 aromatic heterocycles. The molecule has 0 spiro atoms. The van der Waals surface area contributed by atoms with E-state index in [0.29, 0.717) is 0 Å². The molecule has 0 aromatic carbocycles. The number of hydrogen-bond acceptors (Lipinski definition) is 4. The van der Waals surface area contributed by atoms with E-state index >= 15 is 0 Å². The molecule has 0 aliphatic carbocycles. The maximum atomic E-state index is 4.43. The lowest BCUT2D eigenvalue weighted by Crippen LogP contribution is -2.12. The van der Waals surface area contributed by atoms with Crippen molar-refractivity contribution in [2.45, 2.75) is 124 Å². The molecule has 4 nitrogen and oxygen atoms in total. The standard InChI is InChI=1S/C23H44N4/c1-4-7-10-12-14-16-18-21-22(19-17-15-13-11-8-5-2)25-27-26-23(21)24-20-9-6-3/h4-20H2,1-3H3,(H,24,25,26). The lowest BCUT2D eigenvalue weighted by atomic mass is 10.0. The monoisotopic (exact) mass is 376 g/mol. The van der Waals surface area contributed by atoms with E-state index in [1.54, 1.807) is 0 Å². The smallest absolute Gasteiger partial charge is 0.155 e. The molecule has 0 saturated carbocycles. The largest absolute Gasteiger partial charge is 0.368 e. The van der Waals surface area contributed by atoms with E-state index in [0.717, 1.165) is 25.2 Å². The number of aryl methyl sites for hydroxylation is 1. The minimum atomic E-state index is 0.981. The summed E-state index contributed by atoms with van der Waals surface area (Å²) in [5.41, 5.74) is 2.53. The molecule has 1 rings (SSSR count). The molecule has 0 unspecified atom stereocenters. The molecule has 0 fully saturated rings. The van der Waals surface area contributed by atoms with Crippen molar-refractivity contribution in [2.75, 3.05) is 11.9 Å². The van der Waals surface area contributed by atoms with Gasteiger partial charge in [-0.1, -0.05) is 91.4 Å². The van der Waals surface area contributed by atoms with Crippen molar-refractivity contribution < 1.29 is 0 Å². The van der Waals surface area contributed by atoms with Crippen LogP contribution in [0.5, 0.6) is 0 Å². The second-order valence-corrected chi connectivity index (χ2v) is 7.88. The van der Waals surface area contributed by atoms with E-state index in [9.17, 15) is 0 Å². The maximum Gasteiger partial charge on any atom is 0.155 e. The number of rotatable bonds is 18. The molecular formula is C23H44N4. The average Bonchev–Trinajstić information content (AvgIpc) is 2.68. The normalized spacial score (nSPS) is 11.1. The van der Waals surface area contributed by atoms with E-state index in [1.165, 1.54) is 101 Å². The van der Waals surface area contributed by atoms with Crippen LogP contribution in [0.25, 0.3) is 0 Å². The van der Waals surface area contributed by atoms with Crippen molar-refractivity contribution in [1.82, 2.24) is 15.4 Å². The van der Waals surface area contributed by atoms with Crippen LogP contribution in [0, 0.1) is 0 Å². The number of aromatic nitrogens is 3. The summed E-state index contributed by atoms with van der Waals surface area (Å²) in [6.07, 6.45) is 20.4. The van der Waals surface area contributed by atoms with Crippen molar-refractivity contribution in [3.05, 3.63) is 11.3 Å². The average molecular weight is 377 g/mol. The Bertz CT molecular complexity index is 462. The van der Waals surface area contributed by atoms with Gasteiger partial charge in [0.1, 0.15) is 0 Å². The molecule has 1 heterocycles. The lowest BCUT2D eigenvalue weighted by molar-refractivity contribution is 0.590. The van der Waals surface area contributed by atoms with Gasteiger partial charge in [-0.05, 0) is 37.3 Å². The second kappa shape index (κ2) is 16.9. The number of anilines is 1. The van der Waals surface area contributed by atoms with Crippen molar-refractivity contribution in [3.63, 3.8) is 0 Å². The highest BCUT2D eigenvalue weighted by atomic mass is 15.3. The van der Waals surface area contributed by atoms with Gasteiger partial charge in [0.05, 0.1) is 5.69 Å². The Kier molecular flexibility index (Phi) is 15.0. The highest BCUT2D eigenvalue weighted by Gasteiger charge is 2.12. The first kappa shape index (κ1) is 23.8. The first-order chi connectivity index (χ1) is 13.3. The third-order valence-corrected chi connectivity index (χ3v) is 5.31. The maximum absolute atomic E-state index is 4.43. The van der Waals surface area contributed by atoms with Crippen molar-refractivity contribution in [1.29, 1.82) is 0 Å². The van der Waals surface area contributed by atoms with Crippen LogP contribution in [0.2, 0.25) is 0 Å². The molecule has 1 N–H and O–H groups in total. The van der Waals surface area contributed by atoms with Crippen LogP contribution in [0.4, 0.5) is 5.82 Å². The summed E-state index contributed by atoms with van der Waals surface area (Å²) in [6, 6.07) is 0. The topological polar surface area (TPSA) is 50.7 Å². The minimum absolute atomic E-state index is 0.981. The quantitative estimate of drug-likeness (QED) is 0.283. The van der Waals surface area contributed by atoms with E-state index in [2.05, 4.69) is 41.5 Å². The van der Waals surface area contributed by atoms with E-state index in [1.807, 2.05) is 0 Å². The highest BCUT2D eigenvalue weighted by molar-refractivity contribution is 5.45. The van der Waals surface area contributed by atoms with Gasteiger partial charge in [-0.3, -0.25) is 0 Å². The summed E-state index contributed by atoms with van der Waals surface area (Å²) < 4.78 is 0. The van der Waals surface area contributed by atoms with Crippen LogP contribution in [0.1, 0.15) is 122 Å². The first-order valence-corrected chi connectivity index (χ1v) is 11.8. The van der Waals surface area contributed by atoms with Crippen molar-refractivity contribution in [2.24, 2.45) is 0 Å². The van der Waals surface area contributed by atoms with Gasteiger partial charge >= 0.3 is 0 Å². The number of nitrogens with zero attached hydrogens (tertiary/aromatic N) is 3. The number of nitrogens with one attached hydrogen (secondary N) is 1. The SMILES string of the molecule is CCCCCCCCc1nnnc(NCCCC)c1CCCCCCCC. The third kappa shape index (κ3) is 11.3. The fourth-order valence-corrected chi connectivity index (χ4v) is 3.52. The third-order valence-electron chi connectivity index (χ3n) is 5.31. The summed E-state index contributed by atoms with van der Waals surface area (Å²) >= 11 is 0. The molecule has 156 valence electrons. The molecule has 0 amide bonds. The Labute approximate surface area is 168 Å². The molecule has 0 saturated heterocycles. The van der Waals surface area contributed by atoms with Gasteiger partial charge in [-0.25, -0.2) is 0 Å². The molecule has 27 heavy (non-hydrogen) atoms. The Hall–Kier alpha value is -1.19. The molecule has 0 bridgehead atoms. The summed E-state index contributed by atoms with van der Waals surface area (Å²) in [4.78, 5) is 0. The van der Waals surface area contributed by atoms with Gasteiger partial charge < -0.3 is 5.32 Å². The molecule has 0 aliphatic rings. The van der Waals surface area contributed by atoms with Crippen LogP contribution >= 0.6 is 0 Å². The molecule has 0 atom stereocenters. The molecule has 1 aromatic rings. The summed E-state index contributed by atoms with van der Waals surface area (Å²) in [5, 5.41) is 16.3. The fourth-order valence-electron chi connectivity index (χ4n) is 3.52. The number of hydrogen-bond donors (Lipinski definition) is 1. The minimum Gasteiger partial charge on any atom is -0.368 e. The zero-order valence-corrected chi connectivity index (χ0v) is 18.4. The summed E-state index contributed by atoms with van der Waals surface area (Å²) in [6.45, 7) is 7.75. The molecular weight excluding hydrogens is 332 g/mol. The van der Waals surface area contributed by atoms with Gasteiger partial charge in [-0.2, -0.15) is 0 Å². The first-order valence-electron chi connectivity index (χ1n) is 11.8. The Morgan fingerprint density at radius 3 is 1.78 bits per heavy atom. The molecule has 0 radical (unpaired) electrons. The Morgan fingerprint density at radius 1 is 0.593 bits per heavy atom. The Balaban J connectivity index is 2.56. The van der Waals surface area contributed by atoms with E-state index in [-0.39, 0.29) is 0 Å². The summed E-state index contributed by atoms with van der Waals surface area (Å²) in [7, 11) is 0. The zero-order chi connectivity index (χ0) is 19.6. The zero-order valence-electron chi connectivity index (χ0n) is 18.4. The van der Waals surface area contributed by atoms with Gasteiger partial charge in [0.15, 0.2) is 5.82 Å². The summed E-state index contributed by atoms with van der Waals surface area (Å²) in [5.74, 6) is 0.994. The Morgan fingerprint density at radius 2 is 1.15 bits per heavy atom. The van der Waals surface area contributed by atoms with Crippen LogP contribution in [0.3, 0.4) is 0 Å². The van der Waals surface area contributed by atoms with Gasteiger partial charge in [0, 0.05) is 12.1 Å². The lowest BCUT2D eigenvalue weighted by Gasteiger charge is -2.13. The fraction of sp³-hybridized carbons (Fsp3) is 0.870. The molecule has 4 heteroatoms. The van der Waals surface area contributed by atoms with E-state index in [4.69, 9.17) is 0 Å². The molecule has 0 aliphatic heterocycles. The van der Waals surface area contributed by atoms with Crippen molar-refractivity contribution in [3.8, 4) is 0 Å². The van der Waals surface area contributed by atoms with Gasteiger partial charge in [0.2, 0.25) is 0 Å². The van der Waals surface area contributed by atoms with Crippen LogP contribution in [0.15, 0.2) is 0 Å². The van der Waals surface area contributed by atoms with Gasteiger partial charge in [0.25, 0.3) is 0 Å². The number of unbranched alkanes of at least 4 members (excludes halogenated alkanes) is 11. The van der Waals surface area contributed by atoms with Gasteiger partial charge in [-0.15, -0.1) is 10.2 Å². The van der Waals surface area contributed by atoms with Crippen LogP contribution < -0.4 is 5.32 Å². The predicted octanol–water partition coefficient (Wildman–Crippen LogP) is 6.89. The highest BCUT2D eigenvalue weighted by Crippen LogP contribution is 2.21. The van der Waals surface area contributed by atoms with Crippen LogP contribution in [-0.2, 0) is 12.8 Å². The van der Waals surface area contributed by atoms with E-state index < -0.39 is 0 Å². The predicted molar refractivity (Wildman–Crippen MR) is 117 cm³/mol. The second-order valence-electron chi connectivity index (χ2n) is 7.88. The van der Waals surface area contributed by atoms with Crippen molar-refractivity contribution >= 4 is 5.82 Å². The van der Waals surface area contributed by atoms with Crippen LogP contribution in [-0.4, -0.2) is 22.0 Å².